The average molecular weight is 380 g/mol. The van der Waals surface area contributed by atoms with E-state index in [1.165, 1.54) is 27.7 Å². The van der Waals surface area contributed by atoms with Crippen LogP contribution in [0.4, 0.5) is 0 Å². The summed E-state index contributed by atoms with van der Waals surface area (Å²) in [6, 6.07) is 16.5. The fraction of sp³-hybridized carbons (Fsp3) is 0.261. The molecular weight excluding hydrogens is 358 g/mol. The average Bonchev–Trinajstić information content (AvgIpc) is 2.99. The van der Waals surface area contributed by atoms with Gasteiger partial charge < -0.3 is 9.30 Å². The highest BCUT2D eigenvalue weighted by Gasteiger charge is 2.24. The van der Waals surface area contributed by atoms with Gasteiger partial charge in [0, 0.05) is 40.7 Å². The van der Waals surface area contributed by atoms with Crippen molar-refractivity contribution < 1.29 is 9.53 Å². The molecule has 0 saturated carbocycles. The lowest BCUT2D eigenvalue weighted by Crippen LogP contribution is -2.12. The molecule has 4 heteroatoms. The van der Waals surface area contributed by atoms with Crippen LogP contribution in [0.2, 0.25) is 5.02 Å². The van der Waals surface area contributed by atoms with Crippen molar-refractivity contribution in [2.75, 3.05) is 6.61 Å². The molecule has 2 aromatic carbocycles. The van der Waals surface area contributed by atoms with Gasteiger partial charge in [-0.05, 0) is 54.7 Å². The molecule has 0 spiro atoms. The van der Waals surface area contributed by atoms with E-state index in [9.17, 15) is 4.79 Å². The molecule has 1 aromatic heterocycles. The van der Waals surface area contributed by atoms with E-state index in [0.29, 0.717) is 6.61 Å². The van der Waals surface area contributed by atoms with Gasteiger partial charge in [-0.1, -0.05) is 41.9 Å². The highest BCUT2D eigenvalue weighted by atomic mass is 35.5. The normalized spacial score (nSPS) is 15.1. The number of esters is 1. The maximum Gasteiger partial charge on any atom is 0.331 e. The summed E-state index contributed by atoms with van der Waals surface area (Å²) in [5, 5.41) is 1.99. The Bertz CT molecular complexity index is 1010. The van der Waals surface area contributed by atoms with Crippen molar-refractivity contribution >= 4 is 34.0 Å². The number of hydrogen-bond acceptors (Lipinski definition) is 2. The molecular formula is C23H22ClNO2. The second kappa shape index (κ2) is 7.61. The second-order valence-corrected chi connectivity index (χ2v) is 7.26. The smallest absolute Gasteiger partial charge is 0.331 e. The number of fused-ring (bicyclic) bond motifs is 3. The maximum atomic E-state index is 12.1. The van der Waals surface area contributed by atoms with Crippen LogP contribution in [0.3, 0.4) is 0 Å². The van der Waals surface area contributed by atoms with Crippen LogP contribution in [0.1, 0.15) is 36.6 Å². The Hall–Kier alpha value is -2.52. The van der Waals surface area contributed by atoms with Crippen LogP contribution in [0.25, 0.3) is 16.5 Å². The summed E-state index contributed by atoms with van der Waals surface area (Å²) >= 11 is 6.05. The van der Waals surface area contributed by atoms with Crippen molar-refractivity contribution in [3.63, 3.8) is 0 Å². The predicted molar refractivity (Wildman–Crippen MR) is 110 cm³/mol. The highest BCUT2D eigenvalue weighted by molar-refractivity contribution is 6.30. The summed E-state index contributed by atoms with van der Waals surface area (Å²) in [4.78, 5) is 12.1. The molecule has 0 radical (unpaired) electrons. The molecule has 0 amide bonds. The molecule has 0 fully saturated rings. The maximum absolute atomic E-state index is 12.1. The van der Waals surface area contributed by atoms with Gasteiger partial charge in [-0.25, -0.2) is 4.79 Å². The molecule has 3 nitrogen and oxygen atoms in total. The Labute approximate surface area is 164 Å². The number of ether oxygens (including phenoxy) is 1. The molecule has 0 aliphatic carbocycles. The first-order chi connectivity index (χ1) is 13.2. The lowest BCUT2D eigenvalue weighted by atomic mass is 9.95. The zero-order valence-corrected chi connectivity index (χ0v) is 16.1. The van der Waals surface area contributed by atoms with Crippen LogP contribution in [0.15, 0.2) is 54.6 Å². The van der Waals surface area contributed by atoms with E-state index < -0.39 is 0 Å². The number of para-hydroxylation sites is 1. The first kappa shape index (κ1) is 17.9. The minimum atomic E-state index is -0.261. The monoisotopic (exact) mass is 379 g/mol. The van der Waals surface area contributed by atoms with Gasteiger partial charge in [0.05, 0.1) is 6.61 Å². The molecule has 27 heavy (non-hydrogen) atoms. The molecule has 2 heterocycles. The topological polar surface area (TPSA) is 31.2 Å². The molecule has 3 aromatic rings. The molecule has 0 unspecified atom stereocenters. The number of nitrogens with zero attached hydrogens (tertiary/aromatic N) is 1. The van der Waals surface area contributed by atoms with E-state index in [1.54, 1.807) is 6.08 Å². The van der Waals surface area contributed by atoms with Crippen LogP contribution in [0, 0.1) is 0 Å². The summed E-state index contributed by atoms with van der Waals surface area (Å²) in [7, 11) is 0. The lowest BCUT2D eigenvalue weighted by Gasteiger charge is -2.21. The molecule has 4 rings (SSSR count). The van der Waals surface area contributed by atoms with Crippen LogP contribution < -0.4 is 0 Å². The summed E-state index contributed by atoms with van der Waals surface area (Å²) < 4.78 is 7.52. The second-order valence-electron chi connectivity index (χ2n) is 6.82. The Morgan fingerprint density at radius 3 is 2.74 bits per heavy atom. The zero-order valence-electron chi connectivity index (χ0n) is 15.4. The van der Waals surface area contributed by atoms with Crippen molar-refractivity contribution in [3.8, 4) is 0 Å². The number of hydrogen-bond donors (Lipinski definition) is 0. The fourth-order valence-electron chi connectivity index (χ4n) is 3.97. The van der Waals surface area contributed by atoms with E-state index in [1.807, 2.05) is 19.1 Å². The first-order valence-electron chi connectivity index (χ1n) is 9.39. The highest BCUT2D eigenvalue weighted by Crippen LogP contribution is 2.38. The summed E-state index contributed by atoms with van der Waals surface area (Å²) in [6.07, 6.45) is 4.40. The van der Waals surface area contributed by atoms with E-state index in [0.717, 1.165) is 36.4 Å². The van der Waals surface area contributed by atoms with Crippen molar-refractivity contribution in [3.05, 3.63) is 76.5 Å². The number of carbonyl (C=O) groups is 1. The van der Waals surface area contributed by atoms with Crippen molar-refractivity contribution in [2.24, 2.45) is 0 Å². The van der Waals surface area contributed by atoms with Crippen molar-refractivity contribution in [1.29, 1.82) is 0 Å². The lowest BCUT2D eigenvalue weighted by molar-refractivity contribution is -0.137. The first-order valence-corrected chi connectivity index (χ1v) is 9.77. The Morgan fingerprint density at radius 1 is 1.19 bits per heavy atom. The van der Waals surface area contributed by atoms with Crippen LogP contribution in [-0.2, 0) is 22.5 Å². The molecule has 1 aliphatic heterocycles. The van der Waals surface area contributed by atoms with Crippen molar-refractivity contribution in [2.45, 2.75) is 32.7 Å². The molecule has 0 atom stereocenters. The van der Waals surface area contributed by atoms with Gasteiger partial charge >= 0.3 is 5.97 Å². The molecule has 0 N–H and O–H groups in total. The van der Waals surface area contributed by atoms with Gasteiger partial charge in [0.1, 0.15) is 0 Å². The number of carbonyl (C=O) groups excluding carboxylic acids is 1. The summed E-state index contributed by atoms with van der Waals surface area (Å²) in [5.41, 5.74) is 5.94. The minimum Gasteiger partial charge on any atom is -0.463 e. The van der Waals surface area contributed by atoms with Gasteiger partial charge in [0.25, 0.3) is 0 Å². The van der Waals surface area contributed by atoms with Gasteiger partial charge in [0.15, 0.2) is 0 Å². The van der Waals surface area contributed by atoms with Gasteiger partial charge in [0.2, 0.25) is 0 Å². The van der Waals surface area contributed by atoms with E-state index in [2.05, 4.69) is 41.0 Å². The summed E-state index contributed by atoms with van der Waals surface area (Å²) in [6.45, 7) is 3.19. The third-order valence-electron chi connectivity index (χ3n) is 5.08. The van der Waals surface area contributed by atoms with Crippen molar-refractivity contribution in [1.82, 2.24) is 4.57 Å². The van der Waals surface area contributed by atoms with Gasteiger partial charge in [-0.15, -0.1) is 0 Å². The number of halogens is 1. The molecule has 138 valence electrons. The Kier molecular flexibility index (Phi) is 5.04. The predicted octanol–water partition coefficient (Wildman–Crippen LogP) is 5.63. The number of aromatic nitrogens is 1. The largest absolute Gasteiger partial charge is 0.463 e. The van der Waals surface area contributed by atoms with Crippen LogP contribution >= 0.6 is 11.6 Å². The standard InChI is InChI=1S/C23H22ClNO2/c1-2-27-22(26)15-17-6-5-13-25-21-8-4-3-7-19(21)20(23(17)25)14-16-9-11-18(24)12-10-16/h3-4,7-12,15H,2,5-6,13-14H2,1H3/b17-15+. The third kappa shape index (κ3) is 3.52. The number of aryl methyl sites for hydroxylation is 1. The number of rotatable bonds is 4. The van der Waals surface area contributed by atoms with Gasteiger partial charge in [-0.3, -0.25) is 0 Å². The molecule has 0 saturated heterocycles. The Morgan fingerprint density at radius 2 is 1.96 bits per heavy atom. The third-order valence-corrected chi connectivity index (χ3v) is 5.33. The minimum absolute atomic E-state index is 0.261. The Balaban J connectivity index is 1.87. The number of allylic oxidation sites excluding steroid dienone is 1. The van der Waals surface area contributed by atoms with E-state index in [4.69, 9.17) is 16.3 Å². The summed E-state index contributed by atoms with van der Waals surface area (Å²) in [5.74, 6) is -0.261. The molecule has 0 bridgehead atoms. The van der Waals surface area contributed by atoms with Crippen LogP contribution in [0.5, 0.6) is 0 Å². The fourth-order valence-corrected chi connectivity index (χ4v) is 4.10. The zero-order chi connectivity index (χ0) is 18.8. The van der Waals surface area contributed by atoms with Crippen LogP contribution in [-0.4, -0.2) is 17.1 Å². The van der Waals surface area contributed by atoms with E-state index >= 15 is 0 Å². The number of benzene rings is 2. The quantitative estimate of drug-likeness (QED) is 0.434. The molecule has 1 aliphatic rings. The SMILES string of the molecule is CCOC(=O)/C=C1\CCCn2c1c(Cc1ccc(Cl)cc1)c1ccccc12. The van der Waals surface area contributed by atoms with Gasteiger partial charge in [-0.2, -0.15) is 0 Å². The van der Waals surface area contributed by atoms with E-state index in [-0.39, 0.29) is 5.97 Å².